The Hall–Kier alpha value is -1.28. The van der Waals surface area contributed by atoms with Crippen LogP contribution in [0.5, 0.6) is 0 Å². The van der Waals surface area contributed by atoms with Crippen molar-refractivity contribution < 1.29 is 18.9 Å². The van der Waals surface area contributed by atoms with Gasteiger partial charge in [0, 0.05) is 0 Å². The molecule has 1 aromatic rings. The number of allylic oxidation sites excluding steroid dienone is 3. The van der Waals surface area contributed by atoms with Gasteiger partial charge in [-0.2, -0.15) is 4.72 Å². The summed E-state index contributed by atoms with van der Waals surface area (Å²) in [6.07, 6.45) is 6.77. The summed E-state index contributed by atoms with van der Waals surface area (Å²) in [5, 5.41) is -0.770. The minimum Gasteiger partial charge on any atom is -0.293 e. The summed E-state index contributed by atoms with van der Waals surface area (Å²) < 4.78 is 27.4. The van der Waals surface area contributed by atoms with E-state index in [2.05, 4.69) is 26.4 Å². The summed E-state index contributed by atoms with van der Waals surface area (Å²) in [5.41, 5.74) is 3.93. The summed E-state index contributed by atoms with van der Waals surface area (Å²) in [4.78, 5) is 11.4. The first-order valence-corrected chi connectivity index (χ1v) is 8.79. The molecule has 5 nitrogen and oxygen atoms in total. The van der Waals surface area contributed by atoms with E-state index in [-0.39, 0.29) is 4.83 Å². The van der Waals surface area contributed by atoms with Gasteiger partial charge in [-0.05, 0) is 5.56 Å². The fourth-order valence-corrected chi connectivity index (χ4v) is 4.73. The van der Waals surface area contributed by atoms with Crippen molar-refractivity contribution in [1.29, 1.82) is 0 Å². The van der Waals surface area contributed by atoms with Gasteiger partial charge in [0.05, 0.1) is 4.83 Å². The maximum Gasteiger partial charge on any atom is 0.331 e. The van der Waals surface area contributed by atoms with Crippen LogP contribution < -0.4 is 10.5 Å². The van der Waals surface area contributed by atoms with Crippen molar-refractivity contribution in [2.24, 2.45) is 0 Å². The van der Waals surface area contributed by atoms with Crippen LogP contribution in [0.1, 0.15) is 11.6 Å². The number of hydrogen-bond donors (Lipinski definition) is 2. The number of quaternary nitrogens is 1. The molecule has 2 unspecified atom stereocenters. The van der Waals surface area contributed by atoms with Gasteiger partial charge in [-0.1, -0.05) is 70.6 Å². The maximum atomic E-state index is 12.5. The zero-order valence-electron chi connectivity index (χ0n) is 11.1. The Morgan fingerprint density at radius 3 is 2.38 bits per heavy atom. The fraction of sp³-hybridized carbons (Fsp3) is 0.214. The molecular formula is C14H16BrN2O3S+. The Bertz CT molecular complexity index is 671. The normalized spacial score (nSPS) is 23.0. The van der Waals surface area contributed by atoms with Crippen molar-refractivity contribution in [1.82, 2.24) is 4.72 Å². The standard InChI is InChI=1S/C14H15BrN2O3S/c15-11-8-4-5-9-12(11)21(19,20)17-13(14(16)18)10-6-2-1-3-7-10/h1-9,11-13,17H,(H2,16,18)/p+1/t11?,12?,13-/m1/s1. The average molecular weight is 372 g/mol. The highest BCUT2D eigenvalue weighted by Crippen LogP contribution is 2.22. The first kappa shape index (κ1) is 16.1. The highest BCUT2D eigenvalue weighted by Gasteiger charge is 2.34. The van der Waals surface area contributed by atoms with Crippen molar-refractivity contribution >= 4 is 31.9 Å². The van der Waals surface area contributed by atoms with E-state index in [1.54, 1.807) is 54.6 Å². The summed E-state index contributed by atoms with van der Waals surface area (Å²) in [7, 11) is -3.72. The van der Waals surface area contributed by atoms with Gasteiger partial charge in [0.1, 0.15) is 5.25 Å². The van der Waals surface area contributed by atoms with E-state index < -0.39 is 27.2 Å². The molecule has 1 aromatic carbocycles. The van der Waals surface area contributed by atoms with Crippen LogP contribution in [0.15, 0.2) is 54.6 Å². The summed E-state index contributed by atoms with van der Waals surface area (Å²) in [5.74, 6) is -0.494. The Morgan fingerprint density at radius 2 is 1.81 bits per heavy atom. The van der Waals surface area contributed by atoms with Crippen LogP contribution in [0.4, 0.5) is 0 Å². The number of amides is 1. The second kappa shape index (κ2) is 6.65. The van der Waals surface area contributed by atoms with Gasteiger partial charge in [-0.15, -0.1) is 0 Å². The molecule has 21 heavy (non-hydrogen) atoms. The largest absolute Gasteiger partial charge is 0.331 e. The highest BCUT2D eigenvalue weighted by molar-refractivity contribution is 9.09. The van der Waals surface area contributed by atoms with Crippen LogP contribution in [-0.4, -0.2) is 24.4 Å². The molecule has 3 atom stereocenters. The third kappa shape index (κ3) is 3.88. The molecule has 1 amide bonds. The van der Waals surface area contributed by atoms with Gasteiger partial charge in [-0.25, -0.2) is 13.2 Å². The molecule has 2 rings (SSSR count). The Morgan fingerprint density at radius 1 is 1.19 bits per heavy atom. The molecule has 0 saturated heterocycles. The van der Waals surface area contributed by atoms with Gasteiger partial charge in [0.15, 0.2) is 6.04 Å². The molecule has 7 heteroatoms. The predicted molar refractivity (Wildman–Crippen MR) is 83.9 cm³/mol. The quantitative estimate of drug-likeness (QED) is 0.745. The molecule has 112 valence electrons. The van der Waals surface area contributed by atoms with E-state index in [4.69, 9.17) is 0 Å². The first-order chi connectivity index (χ1) is 9.92. The second-order valence-electron chi connectivity index (χ2n) is 4.65. The Kier molecular flexibility index (Phi) is 5.10. The number of rotatable bonds is 5. The number of sulfonamides is 1. The molecule has 0 aliphatic heterocycles. The highest BCUT2D eigenvalue weighted by atomic mass is 79.9. The topological polar surface area (TPSA) is 90.9 Å². The van der Waals surface area contributed by atoms with Crippen LogP contribution in [0.2, 0.25) is 0 Å². The van der Waals surface area contributed by atoms with E-state index in [0.717, 1.165) is 0 Å². The minimum atomic E-state index is -3.72. The number of nitrogens with one attached hydrogen (secondary N) is 1. The van der Waals surface area contributed by atoms with Crippen molar-refractivity contribution in [3.63, 3.8) is 0 Å². The van der Waals surface area contributed by atoms with E-state index >= 15 is 0 Å². The number of benzene rings is 1. The number of carbonyl (C=O) groups is 1. The molecule has 1 aliphatic rings. The maximum absolute atomic E-state index is 12.5. The molecule has 0 radical (unpaired) electrons. The zero-order chi connectivity index (χ0) is 15.5. The minimum absolute atomic E-state index is 0.337. The first-order valence-electron chi connectivity index (χ1n) is 6.33. The van der Waals surface area contributed by atoms with Crippen molar-refractivity contribution in [2.45, 2.75) is 16.1 Å². The number of hydrogen-bond acceptors (Lipinski definition) is 3. The van der Waals surface area contributed by atoms with Gasteiger partial charge in [0.2, 0.25) is 10.0 Å². The third-order valence-electron chi connectivity index (χ3n) is 3.12. The van der Waals surface area contributed by atoms with Gasteiger partial charge in [0.25, 0.3) is 0 Å². The fourth-order valence-electron chi connectivity index (χ4n) is 2.04. The number of carbonyl (C=O) groups excluding carboxylic acids is 1. The summed E-state index contributed by atoms with van der Waals surface area (Å²) in [6, 6.07) is 7.70. The Balaban J connectivity index is 2.27. The Labute approximate surface area is 132 Å². The van der Waals surface area contributed by atoms with E-state index in [1.165, 1.54) is 0 Å². The lowest BCUT2D eigenvalue weighted by Crippen LogP contribution is -2.63. The number of halogens is 1. The third-order valence-corrected chi connectivity index (χ3v) is 6.07. The van der Waals surface area contributed by atoms with Crippen LogP contribution in [0, 0.1) is 0 Å². The average Bonchev–Trinajstić information content (AvgIpc) is 2.46. The smallest absolute Gasteiger partial charge is 0.293 e. The van der Waals surface area contributed by atoms with E-state index in [0.29, 0.717) is 5.56 Å². The summed E-state index contributed by atoms with van der Waals surface area (Å²) >= 11 is 3.32. The molecule has 0 spiro atoms. The molecule has 1 aliphatic carbocycles. The van der Waals surface area contributed by atoms with Crippen molar-refractivity contribution in [3.05, 3.63) is 60.2 Å². The molecule has 0 saturated carbocycles. The molecular weight excluding hydrogens is 356 g/mol. The lowest BCUT2D eigenvalue weighted by Gasteiger charge is -2.22. The molecule has 0 aromatic heterocycles. The lowest BCUT2D eigenvalue weighted by atomic mass is 10.1. The molecule has 0 heterocycles. The summed E-state index contributed by atoms with van der Waals surface area (Å²) in [6.45, 7) is 0. The van der Waals surface area contributed by atoms with Crippen LogP contribution in [0.25, 0.3) is 0 Å². The van der Waals surface area contributed by atoms with Gasteiger partial charge in [-0.3, -0.25) is 5.73 Å². The predicted octanol–water partition coefficient (Wildman–Crippen LogP) is 0.674. The number of alkyl halides is 1. The monoisotopic (exact) mass is 371 g/mol. The van der Waals surface area contributed by atoms with Crippen LogP contribution in [-0.2, 0) is 14.8 Å². The van der Waals surface area contributed by atoms with Crippen molar-refractivity contribution in [3.8, 4) is 0 Å². The van der Waals surface area contributed by atoms with E-state index in [9.17, 15) is 13.2 Å². The van der Waals surface area contributed by atoms with E-state index in [1.807, 2.05) is 0 Å². The molecule has 0 fully saturated rings. The van der Waals surface area contributed by atoms with Crippen LogP contribution in [0.3, 0.4) is 0 Å². The van der Waals surface area contributed by atoms with Crippen molar-refractivity contribution in [2.75, 3.05) is 0 Å². The second-order valence-corrected chi connectivity index (χ2v) is 7.58. The van der Waals surface area contributed by atoms with Gasteiger partial charge < -0.3 is 0 Å². The zero-order valence-corrected chi connectivity index (χ0v) is 13.5. The molecule has 4 N–H and O–H groups in total. The van der Waals surface area contributed by atoms with Gasteiger partial charge >= 0.3 is 5.91 Å². The lowest BCUT2D eigenvalue weighted by molar-refractivity contribution is -0.308. The molecule has 0 bridgehead atoms. The SMILES string of the molecule is [NH3+]C(=O)[C@H](NS(=O)(=O)C1C=CC=CC1Br)c1ccccc1. The van der Waals surface area contributed by atoms with Crippen LogP contribution >= 0.6 is 15.9 Å².